The first-order chi connectivity index (χ1) is 16.0. The van der Waals surface area contributed by atoms with Gasteiger partial charge in [0.25, 0.3) is 0 Å². The van der Waals surface area contributed by atoms with Crippen LogP contribution < -0.4 is 16.8 Å². The van der Waals surface area contributed by atoms with Crippen LogP contribution in [-0.2, 0) is 23.9 Å². The summed E-state index contributed by atoms with van der Waals surface area (Å²) in [6.45, 7) is 9.48. The predicted molar refractivity (Wildman–Crippen MR) is 132 cm³/mol. The highest BCUT2D eigenvalue weighted by Gasteiger charge is 2.33. The normalized spacial score (nSPS) is 15.8. The van der Waals surface area contributed by atoms with Crippen molar-refractivity contribution in [3.63, 3.8) is 0 Å². The fraction of sp³-hybridized carbons (Fsp3) is 0.840. The van der Waals surface area contributed by atoms with Crippen molar-refractivity contribution in [2.45, 2.75) is 104 Å². The molecule has 1 amide bonds. The molecule has 0 aliphatic carbocycles. The van der Waals surface area contributed by atoms with Crippen LogP contribution in [0.1, 0.15) is 86.0 Å². The third-order valence-corrected chi connectivity index (χ3v) is 6.11. The molecule has 34 heavy (non-hydrogen) atoms. The van der Waals surface area contributed by atoms with Crippen LogP contribution in [-0.4, -0.2) is 59.9 Å². The molecule has 0 spiro atoms. The summed E-state index contributed by atoms with van der Waals surface area (Å²) >= 11 is 0. The predicted octanol–water partition coefficient (Wildman–Crippen LogP) is 1.87. The number of esters is 1. The first-order valence-corrected chi connectivity index (χ1v) is 12.6. The van der Waals surface area contributed by atoms with Gasteiger partial charge in [-0.25, -0.2) is 0 Å². The van der Waals surface area contributed by atoms with Crippen molar-refractivity contribution in [3.05, 3.63) is 0 Å². The number of ketones is 2. The van der Waals surface area contributed by atoms with Crippen LogP contribution in [0.4, 0.5) is 0 Å². The monoisotopic (exact) mass is 485 g/mol. The van der Waals surface area contributed by atoms with E-state index in [9.17, 15) is 24.3 Å². The fourth-order valence-electron chi connectivity index (χ4n) is 3.58. The number of amides is 1. The van der Waals surface area contributed by atoms with Crippen molar-refractivity contribution >= 4 is 23.4 Å². The molecular formula is C25H47N3O6. The van der Waals surface area contributed by atoms with Crippen LogP contribution in [0.25, 0.3) is 0 Å². The molecule has 0 bridgehead atoms. The number of nitrogens with two attached hydrogens (primary N) is 2. The van der Waals surface area contributed by atoms with Crippen molar-refractivity contribution in [2.24, 2.45) is 29.2 Å². The van der Waals surface area contributed by atoms with Gasteiger partial charge in [-0.05, 0) is 38.8 Å². The van der Waals surface area contributed by atoms with Crippen LogP contribution in [0.15, 0.2) is 0 Å². The topological polar surface area (TPSA) is 162 Å². The highest BCUT2D eigenvalue weighted by Crippen LogP contribution is 2.17. The molecule has 0 unspecified atom stereocenters. The minimum absolute atomic E-state index is 0.130. The highest BCUT2D eigenvalue weighted by atomic mass is 16.5. The standard InChI is InChI=1S/C25H47N3O6/c1-6-17(4)9-7-8-10-23(31)34-22(12-14-27)21(30)15-19(18(5)29)25(33)28-20(11-13-26)24(32)16(2)3/h16-20,22,29H,6-15,26-27H2,1-5H3,(H,28,33)/t17-,18-,19-,20-,22-/m0/s1. The molecule has 0 fully saturated rings. The number of hydrogen-bond donors (Lipinski definition) is 4. The number of unbranched alkanes of at least 4 members (excludes halogenated alkanes) is 1. The second-order valence-electron chi connectivity index (χ2n) is 9.53. The Balaban J connectivity index is 5.10. The third kappa shape index (κ3) is 12.6. The van der Waals surface area contributed by atoms with Gasteiger partial charge in [0.15, 0.2) is 17.7 Å². The van der Waals surface area contributed by atoms with Gasteiger partial charge in [0.2, 0.25) is 5.91 Å². The second-order valence-corrected chi connectivity index (χ2v) is 9.53. The number of rotatable bonds is 19. The molecular weight excluding hydrogens is 438 g/mol. The molecule has 9 heteroatoms. The first kappa shape index (κ1) is 32.2. The lowest BCUT2D eigenvalue weighted by molar-refractivity contribution is -0.156. The molecule has 0 aromatic carbocycles. The SMILES string of the molecule is CC[C@H](C)CCCCC(=O)O[C@@H](CCN)C(=O)C[C@H](C(=O)N[C@@H](CCN)C(=O)C(C)C)[C@H](C)O. The van der Waals surface area contributed by atoms with E-state index in [1.54, 1.807) is 13.8 Å². The molecule has 6 N–H and O–H groups in total. The number of hydrogen-bond acceptors (Lipinski definition) is 8. The van der Waals surface area contributed by atoms with Crippen LogP contribution in [0.3, 0.4) is 0 Å². The molecule has 0 rings (SSSR count). The lowest BCUT2D eigenvalue weighted by atomic mass is 9.92. The zero-order valence-electron chi connectivity index (χ0n) is 21.7. The molecule has 0 aromatic rings. The van der Waals surface area contributed by atoms with Crippen LogP contribution in [0.5, 0.6) is 0 Å². The van der Waals surface area contributed by atoms with E-state index in [0.29, 0.717) is 12.3 Å². The molecule has 5 atom stereocenters. The molecule has 0 aliphatic rings. The average Bonchev–Trinajstić information content (AvgIpc) is 2.78. The minimum atomic E-state index is -1.15. The summed E-state index contributed by atoms with van der Waals surface area (Å²) < 4.78 is 5.38. The van der Waals surface area contributed by atoms with E-state index in [0.717, 1.165) is 19.3 Å². The van der Waals surface area contributed by atoms with Crippen LogP contribution in [0, 0.1) is 17.8 Å². The third-order valence-electron chi connectivity index (χ3n) is 6.11. The van der Waals surface area contributed by atoms with Gasteiger partial charge in [-0.3, -0.25) is 19.2 Å². The number of ether oxygens (including phenoxy) is 1. The Morgan fingerprint density at radius 1 is 0.941 bits per heavy atom. The van der Waals surface area contributed by atoms with Gasteiger partial charge >= 0.3 is 5.97 Å². The van der Waals surface area contributed by atoms with Gasteiger partial charge < -0.3 is 26.6 Å². The summed E-state index contributed by atoms with van der Waals surface area (Å²) in [6, 6.07) is -0.790. The number of Topliss-reactive ketones (excluding diaryl/α,β-unsaturated/α-hetero) is 2. The van der Waals surface area contributed by atoms with Crippen LogP contribution >= 0.6 is 0 Å². The molecule has 0 saturated heterocycles. The van der Waals surface area contributed by atoms with Crippen molar-refractivity contribution in [1.82, 2.24) is 5.32 Å². The summed E-state index contributed by atoms with van der Waals surface area (Å²) in [4.78, 5) is 50.4. The molecule has 198 valence electrons. The number of aliphatic hydroxyl groups is 1. The van der Waals surface area contributed by atoms with E-state index >= 15 is 0 Å². The summed E-state index contributed by atoms with van der Waals surface area (Å²) in [7, 11) is 0. The van der Waals surface area contributed by atoms with Crippen molar-refractivity contribution < 1.29 is 29.0 Å². The Labute approximate surface area is 204 Å². The van der Waals surface area contributed by atoms with Gasteiger partial charge in [-0.2, -0.15) is 0 Å². The zero-order valence-corrected chi connectivity index (χ0v) is 21.7. The van der Waals surface area contributed by atoms with E-state index < -0.39 is 41.8 Å². The van der Waals surface area contributed by atoms with E-state index in [-0.39, 0.29) is 50.5 Å². The fourth-order valence-corrected chi connectivity index (χ4v) is 3.58. The Kier molecular flexibility index (Phi) is 16.6. The molecule has 0 aliphatic heterocycles. The summed E-state index contributed by atoms with van der Waals surface area (Å²) in [6.07, 6.45) is 1.76. The zero-order chi connectivity index (χ0) is 26.3. The molecule has 0 saturated carbocycles. The Hall–Kier alpha value is -1.84. The number of nitrogens with one attached hydrogen (secondary N) is 1. The molecule has 0 radical (unpaired) electrons. The summed E-state index contributed by atoms with van der Waals surface area (Å²) in [5.74, 6) is -2.53. The second kappa shape index (κ2) is 17.6. The maximum atomic E-state index is 12.9. The largest absolute Gasteiger partial charge is 0.454 e. The minimum Gasteiger partial charge on any atom is -0.454 e. The Bertz CT molecular complexity index is 638. The van der Waals surface area contributed by atoms with Crippen molar-refractivity contribution in [2.75, 3.05) is 13.1 Å². The number of carbonyl (C=O) groups excluding carboxylic acids is 4. The summed E-state index contributed by atoms with van der Waals surface area (Å²) in [5.41, 5.74) is 11.2. The average molecular weight is 486 g/mol. The highest BCUT2D eigenvalue weighted by molar-refractivity contribution is 5.94. The van der Waals surface area contributed by atoms with Gasteiger partial charge in [-0.1, -0.05) is 47.0 Å². The maximum Gasteiger partial charge on any atom is 0.306 e. The summed E-state index contributed by atoms with van der Waals surface area (Å²) in [5, 5.41) is 12.8. The molecule has 0 heterocycles. The van der Waals surface area contributed by atoms with E-state index in [2.05, 4.69) is 19.2 Å². The first-order valence-electron chi connectivity index (χ1n) is 12.6. The van der Waals surface area contributed by atoms with Crippen molar-refractivity contribution in [3.8, 4) is 0 Å². The number of carbonyl (C=O) groups is 4. The lowest BCUT2D eigenvalue weighted by Gasteiger charge is -2.25. The smallest absolute Gasteiger partial charge is 0.306 e. The van der Waals surface area contributed by atoms with Gasteiger partial charge in [0.1, 0.15) is 0 Å². The van der Waals surface area contributed by atoms with E-state index in [1.165, 1.54) is 6.92 Å². The Morgan fingerprint density at radius 2 is 1.56 bits per heavy atom. The molecule has 9 nitrogen and oxygen atoms in total. The lowest BCUT2D eigenvalue weighted by Crippen LogP contribution is -2.48. The quantitative estimate of drug-likeness (QED) is 0.159. The van der Waals surface area contributed by atoms with Gasteiger partial charge in [0, 0.05) is 25.2 Å². The number of aliphatic hydroxyl groups excluding tert-OH is 1. The molecule has 0 aromatic heterocycles. The van der Waals surface area contributed by atoms with Crippen molar-refractivity contribution in [1.29, 1.82) is 0 Å². The van der Waals surface area contributed by atoms with Gasteiger partial charge in [-0.15, -0.1) is 0 Å². The Morgan fingerprint density at radius 3 is 2.06 bits per heavy atom. The van der Waals surface area contributed by atoms with E-state index in [4.69, 9.17) is 16.2 Å². The van der Waals surface area contributed by atoms with Gasteiger partial charge in [0.05, 0.1) is 18.1 Å². The van der Waals surface area contributed by atoms with E-state index in [1.807, 2.05) is 0 Å². The van der Waals surface area contributed by atoms with Crippen LogP contribution in [0.2, 0.25) is 0 Å². The maximum absolute atomic E-state index is 12.9.